The number of carbonyl (C=O) groups excluding carboxylic acids is 2. The summed E-state index contributed by atoms with van der Waals surface area (Å²) < 4.78 is 11.2. The average molecular weight is 454 g/mol. The molecule has 34 heavy (non-hydrogen) atoms. The Morgan fingerprint density at radius 1 is 0.941 bits per heavy atom. The van der Waals surface area contributed by atoms with Gasteiger partial charge in [0.25, 0.3) is 0 Å². The van der Waals surface area contributed by atoms with Gasteiger partial charge in [-0.25, -0.2) is 0 Å². The summed E-state index contributed by atoms with van der Waals surface area (Å²) in [4.78, 5) is 28.7. The lowest BCUT2D eigenvalue weighted by atomic mass is 10.1. The fourth-order valence-electron chi connectivity index (χ4n) is 3.18. The van der Waals surface area contributed by atoms with Crippen LogP contribution in [-0.4, -0.2) is 39.1 Å². The van der Waals surface area contributed by atoms with Gasteiger partial charge in [0.1, 0.15) is 29.1 Å². The molecule has 0 aliphatic carbocycles. The quantitative estimate of drug-likeness (QED) is 0.283. The number of nitrogens with one attached hydrogen (secondary N) is 1. The molecule has 170 valence electrons. The summed E-state index contributed by atoms with van der Waals surface area (Å²) in [5, 5.41) is 10.5. The molecular weight excluding hydrogens is 432 g/mol. The van der Waals surface area contributed by atoms with Gasteiger partial charge in [0, 0.05) is 17.8 Å². The maximum Gasteiger partial charge on any atom is 0.163 e. The van der Waals surface area contributed by atoms with Gasteiger partial charge in [-0.05, 0) is 60.2 Å². The minimum atomic E-state index is -0.306. The number of aromatic amines is 1. The van der Waals surface area contributed by atoms with Crippen molar-refractivity contribution in [2.45, 2.75) is 13.0 Å². The highest BCUT2D eigenvalue weighted by molar-refractivity contribution is 6.11. The van der Waals surface area contributed by atoms with Crippen LogP contribution < -0.4 is 9.47 Å². The molecule has 8 heteroatoms. The van der Waals surface area contributed by atoms with Crippen LogP contribution >= 0.6 is 0 Å². The molecule has 0 amide bonds. The van der Waals surface area contributed by atoms with Crippen LogP contribution in [-0.2, 0) is 16.2 Å². The highest BCUT2D eigenvalue weighted by atomic mass is 16.5. The van der Waals surface area contributed by atoms with Crippen LogP contribution in [0.5, 0.6) is 11.5 Å². The molecule has 0 saturated heterocycles. The number of hydrogen-bond acceptors (Lipinski definition) is 7. The number of rotatable bonds is 10. The highest BCUT2D eigenvalue weighted by Gasteiger charge is 2.07. The van der Waals surface area contributed by atoms with Crippen molar-refractivity contribution in [3.63, 3.8) is 0 Å². The minimum absolute atomic E-state index is 0.229. The van der Waals surface area contributed by atoms with Crippen LogP contribution in [0.4, 0.5) is 0 Å². The van der Waals surface area contributed by atoms with Gasteiger partial charge in [-0.1, -0.05) is 18.2 Å². The van der Waals surface area contributed by atoms with Gasteiger partial charge in [-0.3, -0.25) is 14.6 Å². The van der Waals surface area contributed by atoms with Crippen LogP contribution in [0, 0.1) is 0 Å². The molecular formula is C26H22N4O4. The van der Waals surface area contributed by atoms with Gasteiger partial charge >= 0.3 is 0 Å². The number of ketones is 2. The molecule has 2 aromatic heterocycles. The predicted molar refractivity (Wildman–Crippen MR) is 128 cm³/mol. The summed E-state index contributed by atoms with van der Waals surface area (Å²) in [5.74, 6) is 0.575. The smallest absolute Gasteiger partial charge is 0.163 e. The Morgan fingerprint density at radius 2 is 1.76 bits per heavy atom. The van der Waals surface area contributed by atoms with E-state index in [4.69, 9.17) is 9.47 Å². The molecule has 0 unspecified atom stereocenters. The number of fused-ring (bicyclic) bond motifs is 1. The van der Waals surface area contributed by atoms with Gasteiger partial charge in [-0.15, -0.1) is 0 Å². The van der Waals surface area contributed by atoms with E-state index in [2.05, 4.69) is 20.4 Å². The van der Waals surface area contributed by atoms with Crippen molar-refractivity contribution < 1.29 is 19.1 Å². The van der Waals surface area contributed by atoms with Crippen molar-refractivity contribution in [3.05, 3.63) is 89.8 Å². The topological polar surface area (TPSA) is 107 Å². The van der Waals surface area contributed by atoms with Crippen molar-refractivity contribution in [1.29, 1.82) is 0 Å². The Hall–Kier alpha value is -4.59. The normalized spacial score (nSPS) is 11.3. The lowest BCUT2D eigenvalue weighted by molar-refractivity contribution is -0.121. The number of aromatic nitrogens is 4. The zero-order valence-electron chi connectivity index (χ0n) is 18.5. The van der Waals surface area contributed by atoms with Crippen LogP contribution in [0.2, 0.25) is 0 Å². The van der Waals surface area contributed by atoms with Crippen LogP contribution in [0.15, 0.2) is 72.9 Å². The number of ether oxygens (including phenoxy) is 2. The first-order valence-corrected chi connectivity index (χ1v) is 10.5. The summed E-state index contributed by atoms with van der Waals surface area (Å²) in [6, 6.07) is 16.4. The first kappa shape index (κ1) is 22.6. The van der Waals surface area contributed by atoms with Crippen molar-refractivity contribution in [2.75, 3.05) is 7.11 Å². The van der Waals surface area contributed by atoms with Gasteiger partial charge in [0.15, 0.2) is 11.6 Å². The molecule has 1 N–H and O–H groups in total. The van der Waals surface area contributed by atoms with Crippen LogP contribution in [0.1, 0.15) is 23.2 Å². The molecule has 2 heterocycles. The number of allylic oxidation sites excluding steroid dienone is 2. The molecule has 0 aliphatic heterocycles. The molecule has 0 aliphatic rings. The Balaban J connectivity index is 1.33. The molecule has 4 rings (SSSR count). The van der Waals surface area contributed by atoms with E-state index in [1.807, 2.05) is 24.3 Å². The maximum atomic E-state index is 12.3. The van der Waals surface area contributed by atoms with Crippen molar-refractivity contribution in [3.8, 4) is 11.5 Å². The van der Waals surface area contributed by atoms with Gasteiger partial charge in [-0.2, -0.15) is 15.4 Å². The number of hydrogen-bond donors (Lipinski definition) is 1. The van der Waals surface area contributed by atoms with E-state index in [1.165, 1.54) is 12.2 Å². The van der Waals surface area contributed by atoms with Crippen LogP contribution in [0.25, 0.3) is 23.2 Å². The first-order chi connectivity index (χ1) is 16.6. The minimum Gasteiger partial charge on any atom is -0.496 e. The van der Waals surface area contributed by atoms with Crippen LogP contribution in [0.3, 0.4) is 0 Å². The highest BCUT2D eigenvalue weighted by Crippen LogP contribution is 2.26. The summed E-state index contributed by atoms with van der Waals surface area (Å²) >= 11 is 0. The molecule has 0 atom stereocenters. The lowest BCUT2D eigenvalue weighted by Crippen LogP contribution is -2.02. The summed E-state index contributed by atoms with van der Waals surface area (Å²) in [6.07, 6.45) is 7.52. The SMILES string of the molecule is COc1cc(OCc2ccccn2)ccc1/C=C/C(=O)CC(=O)/C=C/c1ccc2n[nH]nc2c1. The maximum absolute atomic E-state index is 12.3. The number of methoxy groups -OCH3 is 1. The van der Waals surface area contributed by atoms with E-state index in [0.29, 0.717) is 29.2 Å². The van der Waals surface area contributed by atoms with Crippen molar-refractivity contribution in [2.24, 2.45) is 0 Å². The Kier molecular flexibility index (Phi) is 7.19. The zero-order chi connectivity index (χ0) is 23.8. The van der Waals surface area contributed by atoms with Crippen molar-refractivity contribution >= 4 is 34.8 Å². The fraction of sp³-hybridized carbons (Fsp3) is 0.115. The van der Waals surface area contributed by atoms with E-state index in [9.17, 15) is 9.59 Å². The largest absolute Gasteiger partial charge is 0.496 e. The third-order valence-corrected chi connectivity index (χ3v) is 4.92. The third-order valence-electron chi connectivity index (χ3n) is 4.92. The van der Waals surface area contributed by atoms with E-state index in [1.54, 1.807) is 55.8 Å². The van der Waals surface area contributed by atoms with Crippen molar-refractivity contribution in [1.82, 2.24) is 20.4 Å². The van der Waals surface area contributed by atoms with Gasteiger partial charge in [0.05, 0.1) is 19.2 Å². The molecule has 0 bridgehead atoms. The third kappa shape index (κ3) is 6.01. The lowest BCUT2D eigenvalue weighted by Gasteiger charge is -2.09. The average Bonchev–Trinajstić information content (AvgIpc) is 3.34. The standard InChI is InChI=1S/C26H22N4O4/c1-33-26-16-23(34-17-20-4-2-3-13-27-20)11-8-19(26)7-10-22(32)15-21(31)9-5-18-6-12-24-25(14-18)29-30-28-24/h2-14,16H,15,17H2,1H3,(H,28,29,30)/b9-5+,10-7+. The Labute approximate surface area is 195 Å². The number of nitrogens with zero attached hydrogens (tertiary/aromatic N) is 3. The molecule has 2 aromatic carbocycles. The Bertz CT molecular complexity index is 1360. The number of benzene rings is 2. The van der Waals surface area contributed by atoms with E-state index in [0.717, 1.165) is 16.8 Å². The molecule has 0 fully saturated rings. The zero-order valence-corrected chi connectivity index (χ0v) is 18.5. The molecule has 4 aromatic rings. The Morgan fingerprint density at radius 3 is 2.56 bits per heavy atom. The number of pyridine rings is 1. The van der Waals surface area contributed by atoms with E-state index < -0.39 is 0 Å². The van der Waals surface area contributed by atoms with E-state index >= 15 is 0 Å². The number of H-pyrrole nitrogens is 1. The summed E-state index contributed by atoms with van der Waals surface area (Å²) in [5.41, 5.74) is 3.76. The first-order valence-electron chi connectivity index (χ1n) is 10.5. The van der Waals surface area contributed by atoms with E-state index in [-0.39, 0.29) is 18.0 Å². The summed E-state index contributed by atoms with van der Waals surface area (Å²) in [6.45, 7) is 0.333. The molecule has 0 saturated carbocycles. The fourth-order valence-corrected chi connectivity index (χ4v) is 3.18. The molecule has 0 radical (unpaired) electrons. The second kappa shape index (κ2) is 10.8. The molecule has 8 nitrogen and oxygen atoms in total. The predicted octanol–water partition coefficient (Wildman–Crippen LogP) is 4.20. The second-order valence-corrected chi connectivity index (χ2v) is 7.36. The monoisotopic (exact) mass is 454 g/mol. The van der Waals surface area contributed by atoms with Gasteiger partial charge < -0.3 is 9.47 Å². The molecule has 0 spiro atoms. The summed E-state index contributed by atoms with van der Waals surface area (Å²) in [7, 11) is 1.54. The van der Waals surface area contributed by atoms with Gasteiger partial charge in [0.2, 0.25) is 0 Å². The number of carbonyl (C=O) groups is 2. The second-order valence-electron chi connectivity index (χ2n) is 7.36.